The van der Waals surface area contributed by atoms with Crippen LogP contribution in [0.15, 0.2) is 18.2 Å². The predicted octanol–water partition coefficient (Wildman–Crippen LogP) is 1.46. The maximum Gasteiger partial charge on any atom is 0.416 e. The number of benzene rings is 1. The van der Waals surface area contributed by atoms with Gasteiger partial charge in [0.2, 0.25) is 0 Å². The van der Waals surface area contributed by atoms with Crippen molar-refractivity contribution in [3.05, 3.63) is 29.3 Å². The molecule has 0 aliphatic carbocycles. The van der Waals surface area contributed by atoms with E-state index in [1.807, 2.05) is 0 Å². The molecule has 0 spiro atoms. The van der Waals surface area contributed by atoms with Gasteiger partial charge in [-0.25, -0.2) is 0 Å². The number of fused-ring (bicyclic) bond motifs is 1. The molecule has 0 radical (unpaired) electrons. The Balaban J connectivity index is 2.41. The van der Waals surface area contributed by atoms with E-state index in [2.05, 4.69) is 0 Å². The summed E-state index contributed by atoms with van der Waals surface area (Å²) in [7, 11) is 0. The highest BCUT2D eigenvalue weighted by Crippen LogP contribution is 2.37. The van der Waals surface area contributed by atoms with Crippen LogP contribution in [0, 0.1) is 0 Å². The van der Waals surface area contributed by atoms with E-state index in [4.69, 9.17) is 10.5 Å². The normalized spacial score (nSPS) is 24.8. The molecule has 0 saturated heterocycles. The quantitative estimate of drug-likeness (QED) is 0.713. The molecule has 0 unspecified atom stereocenters. The first-order chi connectivity index (χ1) is 7.39. The second kappa shape index (κ2) is 3.64. The summed E-state index contributed by atoms with van der Waals surface area (Å²) in [6, 6.07) is 2.37. The molecule has 0 fully saturated rings. The third kappa shape index (κ3) is 1.85. The Morgan fingerprint density at radius 3 is 2.69 bits per heavy atom. The summed E-state index contributed by atoms with van der Waals surface area (Å²) in [4.78, 5) is 0. The summed E-state index contributed by atoms with van der Waals surface area (Å²) >= 11 is 0. The van der Waals surface area contributed by atoms with Gasteiger partial charge in [-0.2, -0.15) is 13.2 Å². The number of hydrogen-bond acceptors (Lipinski definition) is 3. The molecule has 0 amide bonds. The zero-order valence-electron chi connectivity index (χ0n) is 8.16. The molecule has 6 heteroatoms. The zero-order chi connectivity index (χ0) is 11.9. The highest BCUT2D eigenvalue weighted by Gasteiger charge is 2.33. The number of aliphatic hydroxyl groups excluding tert-OH is 1. The highest BCUT2D eigenvalue weighted by atomic mass is 19.4. The van der Waals surface area contributed by atoms with Gasteiger partial charge >= 0.3 is 6.18 Å². The molecule has 2 rings (SSSR count). The molecule has 88 valence electrons. The van der Waals surface area contributed by atoms with E-state index in [1.165, 1.54) is 6.07 Å². The summed E-state index contributed by atoms with van der Waals surface area (Å²) < 4.78 is 42.2. The largest absolute Gasteiger partial charge is 0.490 e. The Morgan fingerprint density at radius 2 is 2.06 bits per heavy atom. The Morgan fingerprint density at radius 1 is 1.38 bits per heavy atom. The van der Waals surface area contributed by atoms with Crippen molar-refractivity contribution < 1.29 is 23.0 Å². The molecule has 16 heavy (non-hydrogen) atoms. The van der Waals surface area contributed by atoms with Gasteiger partial charge in [0.1, 0.15) is 18.5 Å². The highest BCUT2D eigenvalue weighted by molar-refractivity contribution is 5.42. The van der Waals surface area contributed by atoms with Crippen LogP contribution in [-0.2, 0) is 6.18 Å². The number of ether oxygens (including phenoxy) is 1. The van der Waals surface area contributed by atoms with Gasteiger partial charge in [-0.3, -0.25) is 0 Å². The lowest BCUT2D eigenvalue weighted by molar-refractivity contribution is -0.137. The van der Waals surface area contributed by atoms with Gasteiger partial charge in [0.05, 0.1) is 11.6 Å². The first-order valence-corrected chi connectivity index (χ1v) is 4.67. The summed E-state index contributed by atoms with van der Waals surface area (Å²) in [5.41, 5.74) is 5.25. The third-order valence-corrected chi connectivity index (χ3v) is 2.52. The van der Waals surface area contributed by atoms with Crippen LogP contribution in [0.5, 0.6) is 5.75 Å². The van der Waals surface area contributed by atoms with Gasteiger partial charge in [-0.05, 0) is 12.1 Å². The van der Waals surface area contributed by atoms with Gasteiger partial charge in [0, 0.05) is 5.56 Å². The SMILES string of the molecule is N[C@@H]1c2ccc(C(F)(F)F)cc2OC[C@H]1O. The van der Waals surface area contributed by atoms with Crippen LogP contribution in [-0.4, -0.2) is 17.8 Å². The number of aliphatic hydroxyl groups is 1. The van der Waals surface area contributed by atoms with Crippen LogP contribution in [0.1, 0.15) is 17.2 Å². The number of hydrogen-bond donors (Lipinski definition) is 2. The van der Waals surface area contributed by atoms with E-state index in [0.29, 0.717) is 5.56 Å². The second-order valence-corrected chi connectivity index (χ2v) is 3.65. The van der Waals surface area contributed by atoms with E-state index in [9.17, 15) is 18.3 Å². The Bertz CT molecular complexity index is 406. The average Bonchev–Trinajstić information content (AvgIpc) is 2.22. The van der Waals surface area contributed by atoms with Crippen molar-refractivity contribution in [1.82, 2.24) is 0 Å². The molecule has 1 heterocycles. The van der Waals surface area contributed by atoms with Crippen LogP contribution in [0.3, 0.4) is 0 Å². The van der Waals surface area contributed by atoms with Crippen LogP contribution < -0.4 is 10.5 Å². The van der Waals surface area contributed by atoms with Crippen molar-refractivity contribution in [2.75, 3.05) is 6.61 Å². The van der Waals surface area contributed by atoms with Crippen molar-refractivity contribution in [1.29, 1.82) is 0 Å². The topological polar surface area (TPSA) is 55.5 Å². The molecule has 1 aromatic carbocycles. The van der Waals surface area contributed by atoms with Gasteiger partial charge in [0.15, 0.2) is 0 Å². The molecular weight excluding hydrogens is 223 g/mol. The van der Waals surface area contributed by atoms with Crippen molar-refractivity contribution in [3.8, 4) is 5.75 Å². The molecule has 0 saturated carbocycles. The van der Waals surface area contributed by atoms with Gasteiger partial charge in [-0.15, -0.1) is 0 Å². The van der Waals surface area contributed by atoms with Crippen LogP contribution >= 0.6 is 0 Å². The molecule has 1 aliphatic heterocycles. The van der Waals surface area contributed by atoms with Crippen molar-refractivity contribution >= 4 is 0 Å². The number of rotatable bonds is 0. The minimum atomic E-state index is -4.40. The molecule has 0 aromatic heterocycles. The molecule has 1 aromatic rings. The summed E-state index contributed by atoms with van der Waals surface area (Å²) in [6.45, 7) is -0.0878. The van der Waals surface area contributed by atoms with Crippen molar-refractivity contribution in [2.45, 2.75) is 18.3 Å². The van der Waals surface area contributed by atoms with Crippen LogP contribution in [0.4, 0.5) is 13.2 Å². The lowest BCUT2D eigenvalue weighted by Crippen LogP contribution is -2.35. The predicted molar refractivity (Wildman–Crippen MR) is 49.9 cm³/mol. The first kappa shape index (κ1) is 11.2. The fraction of sp³-hybridized carbons (Fsp3) is 0.400. The van der Waals surface area contributed by atoms with E-state index in [1.54, 1.807) is 0 Å². The van der Waals surface area contributed by atoms with E-state index >= 15 is 0 Å². The molecule has 3 nitrogen and oxygen atoms in total. The maximum absolute atomic E-state index is 12.4. The fourth-order valence-electron chi connectivity index (χ4n) is 1.60. The number of nitrogens with two attached hydrogens (primary N) is 1. The number of halogens is 3. The molecule has 2 atom stereocenters. The average molecular weight is 233 g/mol. The third-order valence-electron chi connectivity index (χ3n) is 2.52. The molecule has 0 bridgehead atoms. The van der Waals surface area contributed by atoms with E-state index in [0.717, 1.165) is 12.1 Å². The van der Waals surface area contributed by atoms with Crippen molar-refractivity contribution in [2.24, 2.45) is 5.73 Å². The Hall–Kier alpha value is -1.27. The van der Waals surface area contributed by atoms with Crippen LogP contribution in [0.2, 0.25) is 0 Å². The van der Waals surface area contributed by atoms with Crippen molar-refractivity contribution in [3.63, 3.8) is 0 Å². The standard InChI is InChI=1S/C10H10F3NO2/c11-10(12,13)5-1-2-6-8(3-5)16-4-7(15)9(6)14/h1-3,7,9,15H,4,14H2/t7-,9-/m1/s1. The van der Waals surface area contributed by atoms with Gasteiger partial charge in [0.25, 0.3) is 0 Å². The fourth-order valence-corrected chi connectivity index (χ4v) is 1.60. The lowest BCUT2D eigenvalue weighted by Gasteiger charge is -2.28. The van der Waals surface area contributed by atoms with E-state index < -0.39 is 23.9 Å². The van der Waals surface area contributed by atoms with Gasteiger partial charge < -0.3 is 15.6 Å². The van der Waals surface area contributed by atoms with Crippen LogP contribution in [0.25, 0.3) is 0 Å². The number of alkyl halides is 3. The Kier molecular flexibility index (Phi) is 2.55. The second-order valence-electron chi connectivity index (χ2n) is 3.65. The van der Waals surface area contributed by atoms with Gasteiger partial charge in [-0.1, -0.05) is 6.07 Å². The smallest absolute Gasteiger partial charge is 0.416 e. The summed E-state index contributed by atoms with van der Waals surface area (Å²) in [5.74, 6) is 0.0904. The first-order valence-electron chi connectivity index (χ1n) is 4.67. The molecule has 1 aliphatic rings. The lowest BCUT2D eigenvalue weighted by atomic mass is 9.97. The molecular formula is C10H10F3NO2. The zero-order valence-corrected chi connectivity index (χ0v) is 8.16. The molecule has 3 N–H and O–H groups in total. The minimum absolute atomic E-state index is 0.0878. The maximum atomic E-state index is 12.4. The van der Waals surface area contributed by atoms with E-state index in [-0.39, 0.29) is 12.4 Å². The Labute approximate surface area is 89.6 Å². The summed E-state index contributed by atoms with van der Waals surface area (Å²) in [6.07, 6.45) is -5.29. The minimum Gasteiger partial charge on any atom is -0.490 e. The monoisotopic (exact) mass is 233 g/mol. The summed E-state index contributed by atoms with van der Waals surface area (Å²) in [5, 5.41) is 9.38.